The summed E-state index contributed by atoms with van der Waals surface area (Å²) in [5.74, 6) is 0. The lowest BCUT2D eigenvalue weighted by Crippen LogP contribution is -1.85. The van der Waals surface area contributed by atoms with Crippen LogP contribution >= 0.6 is 11.6 Å². The first kappa shape index (κ1) is 12.2. The molecule has 18 heavy (non-hydrogen) atoms. The van der Waals surface area contributed by atoms with Gasteiger partial charge in [-0.2, -0.15) is 10.2 Å². The molecule has 0 aliphatic carbocycles. The number of azo groups is 1. The van der Waals surface area contributed by atoms with Gasteiger partial charge in [-0.05, 0) is 30.3 Å². The Morgan fingerprint density at radius 3 is 2.28 bits per heavy atom. The second-order valence-corrected chi connectivity index (χ2v) is 3.89. The Morgan fingerprint density at radius 2 is 1.67 bits per heavy atom. The van der Waals surface area contributed by atoms with E-state index in [-0.39, 0.29) is 5.69 Å². The van der Waals surface area contributed by atoms with Crippen LogP contribution in [-0.4, -0.2) is 4.92 Å². The first-order valence-electron chi connectivity index (χ1n) is 5.07. The van der Waals surface area contributed by atoms with Crippen LogP contribution in [0.5, 0.6) is 0 Å². The molecule has 2 aromatic carbocycles. The minimum atomic E-state index is -0.460. The largest absolute Gasteiger partial charge is 0.269 e. The van der Waals surface area contributed by atoms with Gasteiger partial charge in [-0.1, -0.05) is 17.7 Å². The van der Waals surface area contributed by atoms with Crippen LogP contribution in [0.3, 0.4) is 0 Å². The predicted molar refractivity (Wildman–Crippen MR) is 68.7 cm³/mol. The zero-order chi connectivity index (χ0) is 13.0. The average molecular weight is 262 g/mol. The van der Waals surface area contributed by atoms with Crippen LogP contribution in [0.4, 0.5) is 17.1 Å². The molecule has 0 saturated carbocycles. The lowest BCUT2D eigenvalue weighted by Gasteiger charge is -1.94. The van der Waals surface area contributed by atoms with Crippen LogP contribution in [0.2, 0.25) is 5.02 Å². The van der Waals surface area contributed by atoms with E-state index in [1.165, 1.54) is 24.3 Å². The number of nitro benzene ring substituents is 1. The van der Waals surface area contributed by atoms with Gasteiger partial charge in [0.2, 0.25) is 0 Å². The topological polar surface area (TPSA) is 67.9 Å². The van der Waals surface area contributed by atoms with E-state index >= 15 is 0 Å². The van der Waals surface area contributed by atoms with Crippen LogP contribution in [-0.2, 0) is 0 Å². The maximum absolute atomic E-state index is 10.5. The van der Waals surface area contributed by atoms with Gasteiger partial charge in [0.05, 0.1) is 16.3 Å². The molecule has 0 N–H and O–H groups in total. The molecule has 0 aliphatic heterocycles. The Bertz CT molecular complexity index is 597. The van der Waals surface area contributed by atoms with Crippen LogP contribution in [0.1, 0.15) is 0 Å². The summed E-state index contributed by atoms with van der Waals surface area (Å²) in [5.41, 5.74) is 1.19. The second kappa shape index (κ2) is 5.37. The van der Waals surface area contributed by atoms with Gasteiger partial charge in [0.25, 0.3) is 5.69 Å². The van der Waals surface area contributed by atoms with E-state index in [1.54, 1.807) is 24.3 Å². The molecule has 0 fully saturated rings. The summed E-state index contributed by atoms with van der Waals surface area (Å²) in [6, 6.07) is 12.8. The van der Waals surface area contributed by atoms with Crippen LogP contribution in [0, 0.1) is 10.1 Å². The lowest BCUT2D eigenvalue weighted by molar-refractivity contribution is -0.384. The van der Waals surface area contributed by atoms with Gasteiger partial charge in [0.1, 0.15) is 0 Å². The molecular formula is C12H8ClN3O2. The fourth-order valence-corrected chi connectivity index (χ4v) is 1.48. The van der Waals surface area contributed by atoms with Crippen molar-refractivity contribution in [2.24, 2.45) is 10.2 Å². The van der Waals surface area contributed by atoms with E-state index < -0.39 is 4.92 Å². The fraction of sp³-hybridized carbons (Fsp3) is 0. The van der Waals surface area contributed by atoms with Crippen LogP contribution < -0.4 is 0 Å². The number of nitrogens with zero attached hydrogens (tertiary/aromatic N) is 3. The molecule has 0 heterocycles. The third-order valence-corrected chi connectivity index (χ3v) is 2.38. The molecule has 2 rings (SSSR count). The minimum Gasteiger partial charge on any atom is -0.258 e. The molecule has 0 radical (unpaired) electrons. The normalized spacial score (nSPS) is 10.7. The van der Waals surface area contributed by atoms with E-state index in [9.17, 15) is 10.1 Å². The van der Waals surface area contributed by atoms with E-state index in [2.05, 4.69) is 10.2 Å². The molecule has 0 amide bonds. The highest BCUT2D eigenvalue weighted by Gasteiger charge is 2.02. The Labute approximate surface area is 108 Å². The third-order valence-electron chi connectivity index (χ3n) is 2.15. The van der Waals surface area contributed by atoms with Crippen molar-refractivity contribution in [3.63, 3.8) is 0 Å². The summed E-state index contributed by atoms with van der Waals surface area (Å²) < 4.78 is 0. The van der Waals surface area contributed by atoms with Gasteiger partial charge in [-0.25, -0.2) is 0 Å². The number of rotatable bonds is 3. The molecule has 6 heteroatoms. The molecule has 0 aromatic heterocycles. The summed E-state index contributed by atoms with van der Waals surface area (Å²) in [6.45, 7) is 0. The lowest BCUT2D eigenvalue weighted by atomic mass is 10.3. The number of nitro groups is 1. The SMILES string of the molecule is O=[N+]([O-])c1ccc(N=Nc2cccc(Cl)c2)cc1. The monoisotopic (exact) mass is 261 g/mol. The smallest absolute Gasteiger partial charge is 0.258 e. The van der Waals surface area contributed by atoms with Gasteiger partial charge >= 0.3 is 0 Å². The van der Waals surface area contributed by atoms with Crippen molar-refractivity contribution in [1.82, 2.24) is 0 Å². The zero-order valence-corrected chi connectivity index (χ0v) is 9.91. The van der Waals surface area contributed by atoms with Crippen molar-refractivity contribution in [3.05, 3.63) is 63.7 Å². The fourth-order valence-electron chi connectivity index (χ4n) is 1.29. The Morgan fingerprint density at radius 1 is 1.00 bits per heavy atom. The summed E-state index contributed by atoms with van der Waals surface area (Å²) in [4.78, 5) is 10.0. The highest BCUT2D eigenvalue weighted by atomic mass is 35.5. The van der Waals surface area contributed by atoms with Crippen molar-refractivity contribution in [1.29, 1.82) is 0 Å². The first-order valence-corrected chi connectivity index (χ1v) is 5.45. The molecule has 0 spiro atoms. The van der Waals surface area contributed by atoms with Crippen molar-refractivity contribution in [2.75, 3.05) is 0 Å². The summed E-state index contributed by atoms with van der Waals surface area (Å²) in [5, 5.41) is 19.0. The molecule has 0 aliphatic rings. The van der Waals surface area contributed by atoms with Crippen molar-refractivity contribution >= 4 is 28.7 Å². The Hall–Kier alpha value is -2.27. The molecule has 0 saturated heterocycles. The van der Waals surface area contributed by atoms with Crippen molar-refractivity contribution in [3.8, 4) is 0 Å². The molecule has 0 bridgehead atoms. The number of benzene rings is 2. The van der Waals surface area contributed by atoms with Crippen molar-refractivity contribution in [2.45, 2.75) is 0 Å². The Kier molecular flexibility index (Phi) is 3.64. The van der Waals surface area contributed by atoms with E-state index in [4.69, 9.17) is 11.6 Å². The van der Waals surface area contributed by atoms with Crippen LogP contribution in [0.25, 0.3) is 0 Å². The van der Waals surface area contributed by atoms with Gasteiger partial charge < -0.3 is 0 Å². The van der Waals surface area contributed by atoms with Gasteiger partial charge in [0.15, 0.2) is 0 Å². The second-order valence-electron chi connectivity index (χ2n) is 3.45. The molecular weight excluding hydrogens is 254 g/mol. The molecule has 90 valence electrons. The first-order chi connectivity index (χ1) is 8.65. The summed E-state index contributed by atoms with van der Waals surface area (Å²) >= 11 is 5.81. The van der Waals surface area contributed by atoms with E-state index in [1.807, 2.05) is 0 Å². The zero-order valence-electron chi connectivity index (χ0n) is 9.15. The predicted octanol–water partition coefficient (Wildman–Crippen LogP) is 4.66. The number of halogens is 1. The van der Waals surface area contributed by atoms with Gasteiger partial charge in [-0.15, -0.1) is 0 Å². The Balaban J connectivity index is 2.16. The number of hydrogen-bond acceptors (Lipinski definition) is 4. The van der Waals surface area contributed by atoms with E-state index in [0.717, 1.165) is 0 Å². The quantitative estimate of drug-likeness (QED) is 0.458. The maximum Gasteiger partial charge on any atom is 0.269 e. The highest BCUT2D eigenvalue weighted by Crippen LogP contribution is 2.22. The maximum atomic E-state index is 10.5. The standard InChI is InChI=1S/C12H8ClN3O2/c13-9-2-1-3-11(8-9)15-14-10-4-6-12(7-5-10)16(17)18/h1-8H. The molecule has 0 atom stereocenters. The third kappa shape index (κ3) is 3.11. The molecule has 0 unspecified atom stereocenters. The average Bonchev–Trinajstić information content (AvgIpc) is 2.37. The van der Waals surface area contributed by atoms with Gasteiger partial charge in [-0.3, -0.25) is 10.1 Å². The minimum absolute atomic E-state index is 0.0247. The number of hydrogen-bond donors (Lipinski definition) is 0. The van der Waals surface area contributed by atoms with Gasteiger partial charge in [0, 0.05) is 17.2 Å². The summed E-state index contributed by atoms with van der Waals surface area (Å²) in [6.07, 6.45) is 0. The molecule has 5 nitrogen and oxygen atoms in total. The summed E-state index contributed by atoms with van der Waals surface area (Å²) in [7, 11) is 0. The number of non-ortho nitro benzene ring substituents is 1. The highest BCUT2D eigenvalue weighted by molar-refractivity contribution is 6.30. The molecule has 2 aromatic rings. The van der Waals surface area contributed by atoms with E-state index in [0.29, 0.717) is 16.4 Å². The van der Waals surface area contributed by atoms with Crippen molar-refractivity contribution < 1.29 is 4.92 Å². The van der Waals surface area contributed by atoms with Crippen LogP contribution in [0.15, 0.2) is 58.8 Å².